The van der Waals surface area contributed by atoms with Crippen molar-refractivity contribution in [2.75, 3.05) is 103 Å². The molecule has 628 valence electrons. The van der Waals surface area contributed by atoms with Crippen molar-refractivity contribution in [2.45, 2.75) is 117 Å². The molecule has 7 fully saturated rings. The number of esters is 3. The number of carbonyl (C=O) groups is 3. The smallest absolute Gasteiger partial charge is 0.310 e. The van der Waals surface area contributed by atoms with Gasteiger partial charge >= 0.3 is 17.9 Å². The molecule has 3 aliphatic carbocycles. The fourth-order valence-corrected chi connectivity index (χ4v) is 19.4. The number of benzene rings is 6. The quantitative estimate of drug-likeness (QED) is 0.0425. The second-order valence-corrected chi connectivity index (χ2v) is 31.3. The standard InChI is InChI=1S/C32H32O13S.C29H32O13.C22H22O8/c1-37-19-6-13(7-20(38-2)25(19)33)23-14-8-17-18(42-12-41-17)9-15(14)28(16-10-39-30(36)24(16)23)44-32-27(35)26(34)29-21(43-32)11-40-31(45-29)22-4-3-5-46-22;1-11-36-9-20-27(40-11)24(31)25(32)29(41-20)42-26-14-7-17-16(38-10-39-17)6-13(14)21(22-15(26)8-37-28(22)33)12-4-18(34-2)23(30)19(5-12)35-3;1-25-16-4-10(5-17(26-2)21(16)27-3)18-11-6-14-15(30-9-29-14)7-12(11)20(23)13-8-28-22(24)19(13)18/h3-9,16,21,23-24,26-29,31-35H,10-12H2,1-2H3;4-7,11,15,20-22,24-27,29-32H,8-10H2,1-3H3;4-7,13,18-20,23H,8-9H2,1-3H3. The summed E-state index contributed by atoms with van der Waals surface area (Å²) in [6.07, 6.45) is -14.8. The van der Waals surface area contributed by atoms with Gasteiger partial charge in [0.25, 0.3) is 0 Å². The average molecular weight is 1660 g/mol. The van der Waals surface area contributed by atoms with E-state index in [1.54, 1.807) is 69.7 Å². The van der Waals surface area contributed by atoms with Crippen LogP contribution in [0.2, 0.25) is 0 Å². The van der Waals surface area contributed by atoms with E-state index in [4.69, 9.17) is 114 Å². The average Bonchev–Trinajstić information content (AvgIpc) is 1.50. The van der Waals surface area contributed by atoms with Crippen LogP contribution in [0.5, 0.6) is 86.2 Å². The van der Waals surface area contributed by atoms with Crippen LogP contribution in [-0.2, 0) is 66.5 Å². The zero-order chi connectivity index (χ0) is 82.0. The van der Waals surface area contributed by atoms with Crippen LogP contribution in [-0.4, -0.2) is 225 Å². The maximum absolute atomic E-state index is 13.5. The summed E-state index contributed by atoms with van der Waals surface area (Å²) in [5.74, 6) is -1.12. The number of aliphatic hydroxyl groups excluding tert-OH is 5. The van der Waals surface area contributed by atoms with Gasteiger partial charge in [0.05, 0.1) is 124 Å². The molecule has 0 bridgehead atoms. The molecule has 7 saturated heterocycles. The van der Waals surface area contributed by atoms with Crippen molar-refractivity contribution >= 4 is 29.2 Å². The number of ether oxygens (including phenoxy) is 24. The SMILES string of the molecule is COc1cc(C2c3cc4c(cc3C(O)C3COC(=O)C23)OCO4)cc(OC)c1OC.COc1cc(C2c3cc4c(cc3C(OC3OC5COC(C)OC5C(O)C3O)C3COC(=O)C23)OCO4)cc(OC)c1O.COc1cc(C2c3cc4c(cc3C(OC3OC5COC(c6cccs6)OC5C(O)C3O)C3COC(=O)C23)OCO4)cc(OC)c1O. The number of thiophene rings is 1. The number of phenolic OH excluding ortho intramolecular Hbond substituents is 2. The van der Waals surface area contributed by atoms with Crippen LogP contribution < -0.4 is 61.6 Å². The summed E-state index contributed by atoms with van der Waals surface area (Å²) >= 11 is 1.46. The van der Waals surface area contributed by atoms with E-state index in [0.717, 1.165) is 16.0 Å². The minimum atomic E-state index is -1.47. The Kier molecular flexibility index (Phi) is 21.4. The van der Waals surface area contributed by atoms with Crippen molar-refractivity contribution in [3.63, 3.8) is 0 Å². The van der Waals surface area contributed by atoms with Crippen molar-refractivity contribution in [1.82, 2.24) is 0 Å². The van der Waals surface area contributed by atoms with Crippen molar-refractivity contribution in [3.8, 4) is 86.2 Å². The first-order chi connectivity index (χ1) is 57.2. The third-order valence-electron chi connectivity index (χ3n) is 24.3. The second-order valence-electron chi connectivity index (χ2n) is 30.3. The first-order valence-electron chi connectivity index (χ1n) is 38.3. The molecular formula is C83H86O34S. The third-order valence-corrected chi connectivity index (χ3v) is 25.2. The van der Waals surface area contributed by atoms with Crippen LogP contribution in [0.3, 0.4) is 0 Å². The second kappa shape index (κ2) is 31.9. The number of phenols is 2. The van der Waals surface area contributed by atoms with E-state index in [1.807, 2.05) is 41.8 Å². The Balaban J connectivity index is 0.000000125. The molecule has 10 aliphatic heterocycles. The monoisotopic (exact) mass is 1660 g/mol. The zero-order valence-electron chi connectivity index (χ0n) is 64.7. The van der Waals surface area contributed by atoms with Gasteiger partial charge in [-0.2, -0.15) is 0 Å². The molecule has 0 saturated carbocycles. The molecule has 20 rings (SSSR count). The van der Waals surface area contributed by atoms with Gasteiger partial charge in [0.1, 0.15) is 48.8 Å². The molecule has 6 aromatic carbocycles. The Hall–Kier alpha value is -10.1. The number of hydrogen-bond donors (Lipinski definition) is 7. The molecule has 11 heterocycles. The highest BCUT2D eigenvalue weighted by molar-refractivity contribution is 7.10. The maximum atomic E-state index is 13.5. The number of aromatic hydroxyl groups is 2. The summed E-state index contributed by atoms with van der Waals surface area (Å²) < 4.78 is 137. The van der Waals surface area contributed by atoms with E-state index in [-0.39, 0.29) is 106 Å². The lowest BCUT2D eigenvalue weighted by Crippen LogP contribution is -2.63. The summed E-state index contributed by atoms with van der Waals surface area (Å²) in [7, 11) is 10.4. The van der Waals surface area contributed by atoms with Crippen LogP contribution >= 0.6 is 11.3 Å². The van der Waals surface area contributed by atoms with Crippen LogP contribution in [0.1, 0.15) is 104 Å². The summed E-state index contributed by atoms with van der Waals surface area (Å²) in [5.41, 5.74) is 6.31. The number of aliphatic hydroxyl groups is 5. The molecule has 0 radical (unpaired) electrons. The largest absolute Gasteiger partial charge is 0.502 e. The Labute approximate surface area is 677 Å². The van der Waals surface area contributed by atoms with Crippen LogP contribution in [0, 0.1) is 35.5 Å². The minimum absolute atomic E-state index is 0.0242. The molecule has 35 heteroatoms. The van der Waals surface area contributed by atoms with Crippen LogP contribution in [0.4, 0.5) is 0 Å². The molecular weight excluding hydrogens is 1570 g/mol. The number of rotatable bonds is 15. The van der Waals surface area contributed by atoms with Gasteiger partial charge in [0.15, 0.2) is 94.2 Å². The van der Waals surface area contributed by atoms with Gasteiger partial charge in [-0.25, -0.2) is 0 Å². The molecule has 34 nitrogen and oxygen atoms in total. The van der Waals surface area contributed by atoms with Gasteiger partial charge in [-0.1, -0.05) is 6.07 Å². The predicted octanol–water partition coefficient (Wildman–Crippen LogP) is 6.50. The highest BCUT2D eigenvalue weighted by Gasteiger charge is 2.60. The summed E-state index contributed by atoms with van der Waals surface area (Å²) in [6, 6.07) is 24.9. The number of fused-ring (bicyclic) bond motifs is 11. The molecule has 24 atom stereocenters. The van der Waals surface area contributed by atoms with Gasteiger partial charge in [0.2, 0.25) is 37.6 Å². The first kappa shape index (κ1) is 79.1. The molecule has 1 aromatic heterocycles. The Bertz CT molecular complexity index is 4900. The summed E-state index contributed by atoms with van der Waals surface area (Å²) in [4.78, 5) is 40.4. The van der Waals surface area contributed by atoms with Gasteiger partial charge in [-0.15, -0.1) is 11.3 Å². The highest BCUT2D eigenvalue weighted by Crippen LogP contribution is 2.61. The molecule has 13 aliphatic rings. The van der Waals surface area contributed by atoms with Gasteiger partial charge in [0, 0.05) is 35.5 Å². The number of hydrogen-bond acceptors (Lipinski definition) is 35. The molecule has 118 heavy (non-hydrogen) atoms. The Morgan fingerprint density at radius 1 is 0.390 bits per heavy atom. The molecule has 7 N–H and O–H groups in total. The maximum Gasteiger partial charge on any atom is 0.310 e. The first-order valence-corrected chi connectivity index (χ1v) is 39.2. The van der Waals surface area contributed by atoms with Crippen LogP contribution in [0.15, 0.2) is 90.3 Å². The van der Waals surface area contributed by atoms with E-state index in [1.165, 1.54) is 46.9 Å². The number of carbonyl (C=O) groups excluding carboxylic acids is 3. The topological polar surface area (TPSA) is 414 Å². The van der Waals surface area contributed by atoms with Crippen LogP contribution in [0.25, 0.3) is 0 Å². The number of cyclic esters (lactones) is 3. The lowest BCUT2D eigenvalue weighted by molar-refractivity contribution is -0.368. The Morgan fingerprint density at radius 2 is 0.754 bits per heavy atom. The van der Waals surface area contributed by atoms with Crippen molar-refractivity contribution < 1.29 is 164 Å². The van der Waals surface area contributed by atoms with Gasteiger partial charge < -0.3 is 149 Å². The van der Waals surface area contributed by atoms with E-state index < -0.39 is 146 Å². The fraction of sp³-hybridized carbons (Fsp3) is 0.482. The van der Waals surface area contributed by atoms with Gasteiger partial charge in [-0.05, 0) is 141 Å². The number of methoxy groups -OCH3 is 7. The van der Waals surface area contributed by atoms with Crippen molar-refractivity contribution in [1.29, 1.82) is 0 Å². The zero-order valence-corrected chi connectivity index (χ0v) is 65.6. The minimum Gasteiger partial charge on any atom is -0.502 e. The molecule has 0 amide bonds. The molecule has 24 unspecified atom stereocenters. The highest BCUT2D eigenvalue weighted by atomic mass is 32.1. The van der Waals surface area contributed by atoms with Crippen molar-refractivity contribution in [2.24, 2.45) is 35.5 Å². The lowest BCUT2D eigenvalue weighted by atomic mass is 9.66. The lowest BCUT2D eigenvalue weighted by Gasteiger charge is -2.48. The molecule has 0 spiro atoms. The summed E-state index contributed by atoms with van der Waals surface area (Å²) in [6.45, 7) is 2.39. The van der Waals surface area contributed by atoms with Gasteiger partial charge in [-0.3, -0.25) is 14.4 Å². The molecule has 7 aromatic rings. The third kappa shape index (κ3) is 13.5. The Morgan fingerprint density at radius 3 is 1.15 bits per heavy atom. The normalized spacial score (nSPS) is 32.9. The fourth-order valence-electron chi connectivity index (χ4n) is 18.7. The van der Waals surface area contributed by atoms with E-state index >= 15 is 0 Å². The predicted molar refractivity (Wildman–Crippen MR) is 398 cm³/mol. The summed E-state index contributed by atoms with van der Waals surface area (Å²) in [5, 5.41) is 78.5. The van der Waals surface area contributed by atoms with E-state index in [0.29, 0.717) is 90.7 Å². The van der Waals surface area contributed by atoms with Crippen molar-refractivity contribution in [3.05, 3.63) is 145 Å². The van der Waals surface area contributed by atoms with E-state index in [2.05, 4.69) is 0 Å². The van der Waals surface area contributed by atoms with E-state index in [9.17, 15) is 50.1 Å².